The number of hydrogen-bond donors (Lipinski definition) is 7. The third-order valence-corrected chi connectivity index (χ3v) is 4.27. The Labute approximate surface area is 179 Å². The average molecular weight is 444 g/mol. The molecule has 0 aromatic heterocycles. The number of nitrogens with two attached hydrogens (primary N) is 3. The first-order chi connectivity index (χ1) is 14.3. The van der Waals surface area contributed by atoms with Crippen molar-refractivity contribution in [2.24, 2.45) is 23.1 Å². The Bertz CT molecular complexity index is 695. The lowest BCUT2D eigenvalue weighted by molar-refractivity contribution is -0.143. The number of nitrogens with one attached hydrogen (secondary N) is 3. The van der Waals surface area contributed by atoms with Crippen LogP contribution in [0.1, 0.15) is 46.5 Å². The highest BCUT2D eigenvalue weighted by molar-refractivity contribution is 5.94. The molecule has 4 unspecified atom stereocenters. The number of carboxylic acid groups (broad SMARTS) is 1. The lowest BCUT2D eigenvalue weighted by atomic mass is 10.0. The van der Waals surface area contributed by atoms with Gasteiger partial charge in [0.25, 0.3) is 0 Å². The van der Waals surface area contributed by atoms with Crippen LogP contribution in [0.4, 0.5) is 0 Å². The summed E-state index contributed by atoms with van der Waals surface area (Å²) in [5.74, 6) is -5.46. The van der Waals surface area contributed by atoms with Gasteiger partial charge in [-0.1, -0.05) is 13.8 Å². The molecule has 0 aliphatic carbocycles. The van der Waals surface area contributed by atoms with Crippen LogP contribution in [0.3, 0.4) is 0 Å². The summed E-state index contributed by atoms with van der Waals surface area (Å²) in [7, 11) is 0. The summed E-state index contributed by atoms with van der Waals surface area (Å²) >= 11 is 0. The fraction of sp³-hybridized carbons (Fsp3) is 0.667. The lowest BCUT2D eigenvalue weighted by Crippen LogP contribution is -2.58. The van der Waals surface area contributed by atoms with Crippen molar-refractivity contribution in [1.29, 1.82) is 0 Å². The molecule has 31 heavy (non-hydrogen) atoms. The summed E-state index contributed by atoms with van der Waals surface area (Å²) in [5.41, 5.74) is 15.6. The fourth-order valence-electron chi connectivity index (χ4n) is 2.45. The van der Waals surface area contributed by atoms with Crippen molar-refractivity contribution in [2.75, 3.05) is 0 Å². The van der Waals surface area contributed by atoms with Gasteiger partial charge in [-0.3, -0.25) is 24.0 Å². The largest absolute Gasteiger partial charge is 0.480 e. The van der Waals surface area contributed by atoms with Crippen molar-refractivity contribution in [1.82, 2.24) is 16.0 Å². The van der Waals surface area contributed by atoms with E-state index >= 15 is 0 Å². The zero-order valence-corrected chi connectivity index (χ0v) is 17.8. The molecule has 0 rings (SSSR count). The van der Waals surface area contributed by atoms with Crippen LogP contribution in [-0.4, -0.2) is 64.8 Å². The molecule has 0 radical (unpaired) electrons. The molecule has 0 aliphatic heterocycles. The SMILES string of the molecule is CC(N)C(=O)NC(CCC(N)=O)C(=O)NC(C(=O)NC(CCC(N)=O)C(=O)O)C(C)C. The molecule has 10 N–H and O–H groups in total. The highest BCUT2D eigenvalue weighted by Gasteiger charge is 2.31. The van der Waals surface area contributed by atoms with E-state index in [1.165, 1.54) is 6.92 Å². The molecule has 176 valence electrons. The van der Waals surface area contributed by atoms with Crippen LogP contribution in [0.5, 0.6) is 0 Å². The Morgan fingerprint density at radius 1 is 0.742 bits per heavy atom. The van der Waals surface area contributed by atoms with E-state index in [0.29, 0.717) is 0 Å². The number of amides is 5. The van der Waals surface area contributed by atoms with E-state index < -0.39 is 65.6 Å². The third-order valence-electron chi connectivity index (χ3n) is 4.27. The van der Waals surface area contributed by atoms with Gasteiger partial charge in [-0.05, 0) is 25.7 Å². The Morgan fingerprint density at radius 3 is 1.58 bits per heavy atom. The summed E-state index contributed by atoms with van der Waals surface area (Å²) in [6, 6.07) is -4.66. The first-order valence-corrected chi connectivity index (χ1v) is 9.72. The van der Waals surface area contributed by atoms with Gasteiger partial charge < -0.3 is 38.3 Å². The zero-order chi connectivity index (χ0) is 24.3. The van der Waals surface area contributed by atoms with Gasteiger partial charge in [-0.25, -0.2) is 4.79 Å². The average Bonchev–Trinajstić information content (AvgIpc) is 2.64. The van der Waals surface area contributed by atoms with Crippen molar-refractivity contribution in [2.45, 2.75) is 70.6 Å². The second-order valence-corrected chi connectivity index (χ2v) is 7.49. The number of hydrogen-bond acceptors (Lipinski definition) is 7. The maximum atomic E-state index is 12.7. The first kappa shape index (κ1) is 27.8. The quantitative estimate of drug-likeness (QED) is 0.146. The minimum atomic E-state index is -1.39. The fourth-order valence-corrected chi connectivity index (χ4v) is 2.45. The maximum Gasteiger partial charge on any atom is 0.326 e. The van der Waals surface area contributed by atoms with Crippen LogP contribution in [0.25, 0.3) is 0 Å². The molecular formula is C18H32N6O7. The van der Waals surface area contributed by atoms with Gasteiger partial charge in [0.1, 0.15) is 18.1 Å². The van der Waals surface area contributed by atoms with Gasteiger partial charge in [0.15, 0.2) is 0 Å². The van der Waals surface area contributed by atoms with Crippen molar-refractivity contribution < 1.29 is 33.9 Å². The molecule has 5 amide bonds. The van der Waals surface area contributed by atoms with E-state index in [1.807, 2.05) is 0 Å². The van der Waals surface area contributed by atoms with E-state index in [-0.39, 0.29) is 25.7 Å². The van der Waals surface area contributed by atoms with Crippen LogP contribution in [-0.2, 0) is 28.8 Å². The first-order valence-electron chi connectivity index (χ1n) is 9.72. The summed E-state index contributed by atoms with van der Waals surface area (Å²) in [6.07, 6.45) is -0.804. The monoisotopic (exact) mass is 444 g/mol. The summed E-state index contributed by atoms with van der Waals surface area (Å²) in [4.78, 5) is 70.5. The molecule has 0 aliphatic rings. The minimum absolute atomic E-state index is 0.123. The van der Waals surface area contributed by atoms with E-state index in [4.69, 9.17) is 17.2 Å². The summed E-state index contributed by atoms with van der Waals surface area (Å²) in [5, 5.41) is 16.3. The lowest BCUT2D eigenvalue weighted by Gasteiger charge is -2.26. The van der Waals surface area contributed by atoms with E-state index in [1.54, 1.807) is 13.8 Å². The number of carbonyl (C=O) groups is 6. The number of primary amides is 2. The van der Waals surface area contributed by atoms with E-state index in [0.717, 1.165) is 0 Å². The molecule has 13 nitrogen and oxygen atoms in total. The second kappa shape index (κ2) is 13.2. The second-order valence-electron chi connectivity index (χ2n) is 7.49. The number of rotatable bonds is 14. The van der Waals surface area contributed by atoms with Crippen LogP contribution in [0.2, 0.25) is 0 Å². The number of carboxylic acids is 1. The molecule has 0 spiro atoms. The molecule has 0 heterocycles. The summed E-state index contributed by atoms with van der Waals surface area (Å²) < 4.78 is 0. The van der Waals surface area contributed by atoms with Gasteiger partial charge in [-0.2, -0.15) is 0 Å². The van der Waals surface area contributed by atoms with Gasteiger partial charge in [0, 0.05) is 12.8 Å². The van der Waals surface area contributed by atoms with Crippen LogP contribution >= 0.6 is 0 Å². The Morgan fingerprint density at radius 2 is 1.19 bits per heavy atom. The molecule has 0 aromatic rings. The van der Waals surface area contributed by atoms with Crippen LogP contribution in [0, 0.1) is 5.92 Å². The van der Waals surface area contributed by atoms with Crippen molar-refractivity contribution in [3.05, 3.63) is 0 Å². The molecule has 0 aromatic carbocycles. The predicted octanol–water partition coefficient (Wildman–Crippen LogP) is -2.94. The molecule has 13 heteroatoms. The van der Waals surface area contributed by atoms with Crippen molar-refractivity contribution >= 4 is 35.5 Å². The number of carbonyl (C=O) groups excluding carboxylic acids is 5. The Balaban J connectivity index is 5.38. The molecule has 4 atom stereocenters. The Kier molecular flexibility index (Phi) is 11.8. The number of aliphatic carboxylic acids is 1. The molecule has 0 saturated heterocycles. The third kappa shape index (κ3) is 10.9. The maximum absolute atomic E-state index is 12.7. The molecule has 0 saturated carbocycles. The highest BCUT2D eigenvalue weighted by atomic mass is 16.4. The normalized spacial score (nSPS) is 14.6. The van der Waals surface area contributed by atoms with E-state index in [2.05, 4.69) is 16.0 Å². The molecule has 0 fully saturated rings. The van der Waals surface area contributed by atoms with Crippen LogP contribution < -0.4 is 33.2 Å². The van der Waals surface area contributed by atoms with Crippen LogP contribution in [0.15, 0.2) is 0 Å². The topological polar surface area (TPSA) is 237 Å². The van der Waals surface area contributed by atoms with Gasteiger partial charge >= 0.3 is 5.97 Å². The van der Waals surface area contributed by atoms with Gasteiger partial charge in [-0.15, -0.1) is 0 Å². The molecule has 0 bridgehead atoms. The minimum Gasteiger partial charge on any atom is -0.480 e. The standard InChI is InChI=1S/C18H32N6O7/c1-8(2)14(17(29)23-11(18(30)31)5-7-13(21)26)24-16(28)10(4-6-12(20)25)22-15(27)9(3)19/h8-11,14H,4-7,19H2,1-3H3,(H2,20,25)(H2,21,26)(H,22,27)(H,23,29)(H,24,28)(H,30,31). The Hall–Kier alpha value is -3.22. The predicted molar refractivity (Wildman–Crippen MR) is 109 cm³/mol. The van der Waals surface area contributed by atoms with E-state index in [9.17, 15) is 33.9 Å². The smallest absolute Gasteiger partial charge is 0.326 e. The highest BCUT2D eigenvalue weighted by Crippen LogP contribution is 2.07. The van der Waals surface area contributed by atoms with Gasteiger partial charge in [0.2, 0.25) is 29.5 Å². The van der Waals surface area contributed by atoms with Gasteiger partial charge in [0.05, 0.1) is 6.04 Å². The van der Waals surface area contributed by atoms with Crippen molar-refractivity contribution in [3.8, 4) is 0 Å². The molecular weight excluding hydrogens is 412 g/mol. The summed E-state index contributed by atoms with van der Waals surface area (Å²) in [6.45, 7) is 4.63. The zero-order valence-electron chi connectivity index (χ0n) is 17.8. The van der Waals surface area contributed by atoms with Crippen molar-refractivity contribution in [3.63, 3.8) is 0 Å².